The van der Waals surface area contributed by atoms with Crippen LogP contribution in [0.25, 0.3) is 0 Å². The number of methoxy groups -OCH3 is 2. The monoisotopic (exact) mass is 350 g/mol. The second-order valence-corrected chi connectivity index (χ2v) is 5.27. The topological polar surface area (TPSA) is 85.4 Å². The predicted octanol–water partition coefficient (Wildman–Crippen LogP) is 2.65. The van der Waals surface area contributed by atoms with Crippen molar-refractivity contribution in [2.24, 2.45) is 0 Å². The molecule has 0 aliphatic heterocycles. The number of carbonyl (C=O) groups excluding carboxylic acids is 1. The summed E-state index contributed by atoms with van der Waals surface area (Å²) in [7, 11) is 3.17. The normalized spacial score (nSPS) is 10.3. The van der Waals surface area contributed by atoms with Gasteiger partial charge in [0.25, 0.3) is 5.91 Å². The zero-order valence-electron chi connectivity index (χ0n) is 13.5. The van der Waals surface area contributed by atoms with Crippen LogP contribution in [0.1, 0.15) is 16.9 Å². The van der Waals surface area contributed by atoms with Crippen LogP contribution in [0, 0.1) is 0 Å². The minimum absolute atomic E-state index is 0.255. The molecule has 0 aliphatic carbocycles. The number of benzene rings is 1. The number of hydrogen-bond donors (Lipinski definition) is 2. The Bertz CT molecular complexity index is 680. The first-order chi connectivity index (χ1) is 11.6. The molecule has 8 heteroatoms. The number of rotatable bonds is 8. The van der Waals surface area contributed by atoms with E-state index in [4.69, 9.17) is 21.1 Å². The molecule has 24 heavy (non-hydrogen) atoms. The van der Waals surface area contributed by atoms with Gasteiger partial charge < -0.3 is 20.1 Å². The highest BCUT2D eigenvalue weighted by Gasteiger charge is 2.08. The lowest BCUT2D eigenvalue weighted by atomic mass is 10.3. The van der Waals surface area contributed by atoms with E-state index < -0.39 is 0 Å². The van der Waals surface area contributed by atoms with E-state index in [-0.39, 0.29) is 11.6 Å². The van der Waals surface area contributed by atoms with Crippen molar-refractivity contribution in [2.75, 3.05) is 32.7 Å². The van der Waals surface area contributed by atoms with E-state index in [1.807, 2.05) is 6.07 Å². The number of nitrogens with zero attached hydrogens (tertiary/aromatic N) is 2. The lowest BCUT2D eigenvalue weighted by molar-refractivity contribution is 0.0943. The van der Waals surface area contributed by atoms with E-state index >= 15 is 0 Å². The molecule has 0 spiro atoms. The van der Waals surface area contributed by atoms with E-state index in [2.05, 4.69) is 20.6 Å². The first-order valence-corrected chi connectivity index (χ1v) is 7.71. The van der Waals surface area contributed by atoms with Crippen molar-refractivity contribution in [3.05, 3.63) is 41.3 Å². The SMILES string of the molecule is COCCCNC(=O)c1cnc(Nc2ccc(OC)c(Cl)c2)cn1. The van der Waals surface area contributed by atoms with Gasteiger partial charge in [-0.3, -0.25) is 4.79 Å². The average molecular weight is 351 g/mol. The fourth-order valence-electron chi connectivity index (χ4n) is 1.91. The van der Waals surface area contributed by atoms with E-state index in [1.165, 1.54) is 12.4 Å². The molecule has 2 aromatic rings. The van der Waals surface area contributed by atoms with E-state index in [1.54, 1.807) is 26.4 Å². The lowest BCUT2D eigenvalue weighted by Crippen LogP contribution is -2.26. The number of amides is 1. The predicted molar refractivity (Wildman–Crippen MR) is 92.1 cm³/mol. The molecule has 0 saturated carbocycles. The van der Waals surface area contributed by atoms with Gasteiger partial charge in [-0.05, 0) is 24.6 Å². The number of anilines is 2. The number of carbonyl (C=O) groups is 1. The van der Waals surface area contributed by atoms with Crippen molar-refractivity contribution in [1.82, 2.24) is 15.3 Å². The summed E-state index contributed by atoms with van der Waals surface area (Å²) in [5.41, 5.74) is 0.998. The molecule has 0 radical (unpaired) electrons. The quantitative estimate of drug-likeness (QED) is 0.712. The van der Waals surface area contributed by atoms with Gasteiger partial charge in [-0.25, -0.2) is 9.97 Å². The Labute approximate surface area is 145 Å². The molecule has 1 heterocycles. The molecule has 0 saturated heterocycles. The second-order valence-electron chi connectivity index (χ2n) is 4.86. The molecule has 0 bridgehead atoms. The second kappa shape index (κ2) is 9.05. The maximum absolute atomic E-state index is 11.9. The highest BCUT2D eigenvalue weighted by molar-refractivity contribution is 6.32. The highest BCUT2D eigenvalue weighted by Crippen LogP contribution is 2.28. The molecule has 0 fully saturated rings. The molecule has 0 aliphatic rings. The Balaban J connectivity index is 1.94. The van der Waals surface area contributed by atoms with Crippen molar-refractivity contribution in [1.29, 1.82) is 0 Å². The summed E-state index contributed by atoms with van der Waals surface area (Å²) < 4.78 is 10.0. The molecule has 128 valence electrons. The molecular weight excluding hydrogens is 332 g/mol. The maximum Gasteiger partial charge on any atom is 0.271 e. The van der Waals surface area contributed by atoms with Gasteiger partial charge in [-0.2, -0.15) is 0 Å². The summed E-state index contributed by atoms with van der Waals surface area (Å²) in [4.78, 5) is 20.2. The molecule has 0 atom stereocenters. The van der Waals surface area contributed by atoms with Crippen LogP contribution in [-0.4, -0.2) is 43.2 Å². The van der Waals surface area contributed by atoms with Gasteiger partial charge in [0.15, 0.2) is 0 Å². The largest absolute Gasteiger partial charge is 0.495 e. The van der Waals surface area contributed by atoms with Gasteiger partial charge in [-0.15, -0.1) is 0 Å². The summed E-state index contributed by atoms with van der Waals surface area (Å²) in [6.07, 6.45) is 3.65. The van der Waals surface area contributed by atoms with Gasteiger partial charge >= 0.3 is 0 Å². The number of halogens is 1. The maximum atomic E-state index is 11.9. The Kier molecular flexibility index (Phi) is 6.77. The third-order valence-electron chi connectivity index (χ3n) is 3.12. The van der Waals surface area contributed by atoms with Crippen LogP contribution in [0.5, 0.6) is 5.75 Å². The highest BCUT2D eigenvalue weighted by atomic mass is 35.5. The number of nitrogens with one attached hydrogen (secondary N) is 2. The van der Waals surface area contributed by atoms with Crippen LogP contribution in [0.15, 0.2) is 30.6 Å². The Morgan fingerprint density at radius 3 is 2.71 bits per heavy atom. The van der Waals surface area contributed by atoms with Crippen molar-refractivity contribution in [3.63, 3.8) is 0 Å². The van der Waals surface area contributed by atoms with Crippen LogP contribution < -0.4 is 15.4 Å². The Morgan fingerprint density at radius 2 is 2.08 bits per heavy atom. The molecule has 2 rings (SSSR count). The van der Waals surface area contributed by atoms with Crippen molar-refractivity contribution in [2.45, 2.75) is 6.42 Å². The summed E-state index contributed by atoms with van der Waals surface area (Å²) in [5.74, 6) is 0.832. The third-order valence-corrected chi connectivity index (χ3v) is 3.41. The Morgan fingerprint density at radius 1 is 1.25 bits per heavy atom. The molecule has 7 nitrogen and oxygen atoms in total. The van der Waals surface area contributed by atoms with Gasteiger partial charge in [0, 0.05) is 25.9 Å². The molecule has 1 amide bonds. The number of hydrogen-bond acceptors (Lipinski definition) is 6. The molecular formula is C16H19ClN4O3. The first-order valence-electron chi connectivity index (χ1n) is 7.33. The van der Waals surface area contributed by atoms with E-state index in [0.717, 1.165) is 12.1 Å². The van der Waals surface area contributed by atoms with E-state index in [0.29, 0.717) is 29.7 Å². The van der Waals surface area contributed by atoms with Gasteiger partial charge in [-0.1, -0.05) is 11.6 Å². The molecule has 1 aromatic heterocycles. The third kappa shape index (κ3) is 5.07. The smallest absolute Gasteiger partial charge is 0.271 e. The fourth-order valence-corrected chi connectivity index (χ4v) is 2.17. The summed E-state index contributed by atoms with van der Waals surface area (Å²) in [6, 6.07) is 5.28. The first kappa shape index (κ1) is 18.0. The van der Waals surface area contributed by atoms with Crippen LogP contribution in [-0.2, 0) is 4.74 Å². The molecule has 1 aromatic carbocycles. The number of ether oxygens (including phenoxy) is 2. The minimum atomic E-state index is -0.266. The van der Waals surface area contributed by atoms with Crippen LogP contribution in [0.3, 0.4) is 0 Å². The number of aromatic nitrogens is 2. The van der Waals surface area contributed by atoms with Gasteiger partial charge in [0.2, 0.25) is 0 Å². The molecule has 0 unspecified atom stereocenters. The Hall–Kier alpha value is -2.38. The zero-order valence-corrected chi connectivity index (χ0v) is 14.3. The average Bonchev–Trinajstić information content (AvgIpc) is 2.59. The van der Waals surface area contributed by atoms with E-state index in [9.17, 15) is 4.79 Å². The minimum Gasteiger partial charge on any atom is -0.495 e. The van der Waals surface area contributed by atoms with Gasteiger partial charge in [0.1, 0.15) is 17.3 Å². The standard InChI is InChI=1S/C16H19ClN4O3/c1-23-7-3-6-18-16(22)13-9-20-15(10-19-13)21-11-4-5-14(24-2)12(17)8-11/h4-5,8-10H,3,6-7H2,1-2H3,(H,18,22)(H,20,21). The van der Waals surface area contributed by atoms with Crippen molar-refractivity contribution < 1.29 is 14.3 Å². The van der Waals surface area contributed by atoms with Gasteiger partial charge in [0.05, 0.1) is 24.5 Å². The van der Waals surface area contributed by atoms with Crippen LogP contribution in [0.2, 0.25) is 5.02 Å². The summed E-state index contributed by atoms with van der Waals surface area (Å²) in [6.45, 7) is 1.12. The van der Waals surface area contributed by atoms with Crippen LogP contribution in [0.4, 0.5) is 11.5 Å². The zero-order chi connectivity index (χ0) is 17.4. The van der Waals surface area contributed by atoms with Crippen molar-refractivity contribution >= 4 is 29.0 Å². The fraction of sp³-hybridized carbons (Fsp3) is 0.312. The van der Waals surface area contributed by atoms with Crippen molar-refractivity contribution in [3.8, 4) is 5.75 Å². The summed E-state index contributed by atoms with van der Waals surface area (Å²) >= 11 is 6.07. The molecule has 2 N–H and O–H groups in total. The summed E-state index contributed by atoms with van der Waals surface area (Å²) in [5, 5.41) is 6.30. The lowest BCUT2D eigenvalue weighted by Gasteiger charge is -2.09. The van der Waals surface area contributed by atoms with Crippen LogP contribution >= 0.6 is 11.6 Å².